The maximum Gasteiger partial charge on any atom is 0.207 e. The van der Waals surface area contributed by atoms with E-state index in [0.717, 1.165) is 19.3 Å². The number of carbonyl (C=O) groups is 2. The van der Waals surface area contributed by atoms with Gasteiger partial charge in [0.1, 0.15) is 6.10 Å². The normalized spacial score (nSPS) is 26.1. The zero-order chi connectivity index (χ0) is 11.3. The van der Waals surface area contributed by atoms with Gasteiger partial charge in [0, 0.05) is 18.5 Å². The summed E-state index contributed by atoms with van der Waals surface area (Å²) in [5.74, 6) is 0.0207. The molecule has 0 heterocycles. The Kier molecular flexibility index (Phi) is 4.15. The SMILES string of the molecule is CC(=O)C=C(N)OC1CCC(NC=O)C1. The summed E-state index contributed by atoms with van der Waals surface area (Å²) in [7, 11) is 0. The van der Waals surface area contributed by atoms with Gasteiger partial charge in [-0.25, -0.2) is 0 Å². The summed E-state index contributed by atoms with van der Waals surface area (Å²) in [5, 5.41) is 2.70. The first kappa shape index (κ1) is 11.6. The van der Waals surface area contributed by atoms with Crippen LogP contribution in [0.15, 0.2) is 12.0 Å². The van der Waals surface area contributed by atoms with E-state index in [2.05, 4.69) is 5.32 Å². The summed E-state index contributed by atoms with van der Waals surface area (Å²) in [6.45, 7) is 1.42. The van der Waals surface area contributed by atoms with Gasteiger partial charge in [0.05, 0.1) is 0 Å². The molecule has 1 fully saturated rings. The van der Waals surface area contributed by atoms with Crippen LogP contribution in [0.5, 0.6) is 0 Å². The van der Waals surface area contributed by atoms with Gasteiger partial charge in [-0.2, -0.15) is 0 Å². The summed E-state index contributed by atoms with van der Waals surface area (Å²) >= 11 is 0. The van der Waals surface area contributed by atoms with Gasteiger partial charge in [0.25, 0.3) is 0 Å². The van der Waals surface area contributed by atoms with Gasteiger partial charge in [-0.15, -0.1) is 0 Å². The summed E-state index contributed by atoms with van der Waals surface area (Å²) in [5.41, 5.74) is 5.50. The highest BCUT2D eigenvalue weighted by Crippen LogP contribution is 2.22. The molecule has 2 unspecified atom stereocenters. The molecule has 3 N–H and O–H groups in total. The van der Waals surface area contributed by atoms with Crippen molar-refractivity contribution in [3.63, 3.8) is 0 Å². The number of carbonyl (C=O) groups excluding carboxylic acids is 2. The number of ether oxygens (including phenoxy) is 1. The number of rotatable bonds is 5. The largest absolute Gasteiger partial charge is 0.476 e. The molecule has 2 atom stereocenters. The maximum atomic E-state index is 10.7. The van der Waals surface area contributed by atoms with Crippen molar-refractivity contribution in [2.75, 3.05) is 0 Å². The smallest absolute Gasteiger partial charge is 0.207 e. The third-order valence-electron chi connectivity index (χ3n) is 2.34. The Morgan fingerprint density at radius 2 is 2.27 bits per heavy atom. The lowest BCUT2D eigenvalue weighted by atomic mass is 10.2. The fraction of sp³-hybridized carbons (Fsp3) is 0.600. The van der Waals surface area contributed by atoms with Gasteiger partial charge in [0.15, 0.2) is 11.7 Å². The minimum absolute atomic E-state index is 0.00181. The molecule has 1 saturated carbocycles. The summed E-state index contributed by atoms with van der Waals surface area (Å²) in [6, 6.07) is 0.164. The molecule has 0 saturated heterocycles. The molecule has 1 aliphatic rings. The van der Waals surface area contributed by atoms with Crippen LogP contribution in [-0.2, 0) is 14.3 Å². The van der Waals surface area contributed by atoms with Crippen LogP contribution in [0.3, 0.4) is 0 Å². The lowest BCUT2D eigenvalue weighted by Gasteiger charge is -2.13. The van der Waals surface area contributed by atoms with Crippen molar-refractivity contribution >= 4 is 12.2 Å². The number of nitrogens with two attached hydrogens (primary N) is 1. The first-order chi connectivity index (χ1) is 7.11. The lowest BCUT2D eigenvalue weighted by molar-refractivity contribution is -0.113. The van der Waals surface area contributed by atoms with Gasteiger partial charge >= 0.3 is 0 Å². The van der Waals surface area contributed by atoms with Gasteiger partial charge in [-0.05, 0) is 19.8 Å². The third kappa shape index (κ3) is 4.01. The fourth-order valence-electron chi connectivity index (χ4n) is 1.72. The topological polar surface area (TPSA) is 81.4 Å². The predicted molar refractivity (Wildman–Crippen MR) is 54.7 cm³/mol. The summed E-state index contributed by atoms with van der Waals surface area (Å²) in [6.07, 6.45) is 4.43. The van der Waals surface area contributed by atoms with Crippen LogP contribution < -0.4 is 11.1 Å². The monoisotopic (exact) mass is 212 g/mol. The van der Waals surface area contributed by atoms with Crippen molar-refractivity contribution in [2.45, 2.75) is 38.3 Å². The third-order valence-corrected chi connectivity index (χ3v) is 2.34. The molecule has 15 heavy (non-hydrogen) atoms. The molecule has 1 aliphatic carbocycles. The number of amides is 1. The van der Waals surface area contributed by atoms with E-state index in [0.29, 0.717) is 6.41 Å². The number of hydrogen-bond acceptors (Lipinski definition) is 4. The van der Waals surface area contributed by atoms with E-state index >= 15 is 0 Å². The molecular formula is C10H16N2O3. The molecule has 0 aromatic carbocycles. The summed E-state index contributed by atoms with van der Waals surface area (Å²) < 4.78 is 5.36. The van der Waals surface area contributed by atoms with E-state index in [-0.39, 0.29) is 23.8 Å². The van der Waals surface area contributed by atoms with Gasteiger partial charge in [0.2, 0.25) is 6.41 Å². The Morgan fingerprint density at radius 3 is 2.87 bits per heavy atom. The zero-order valence-corrected chi connectivity index (χ0v) is 8.73. The highest BCUT2D eigenvalue weighted by molar-refractivity contribution is 5.87. The lowest BCUT2D eigenvalue weighted by Crippen LogP contribution is -2.25. The van der Waals surface area contributed by atoms with E-state index in [1.807, 2.05) is 0 Å². The standard InChI is InChI=1S/C10H16N2O3/c1-7(14)4-10(11)15-9-3-2-8(5-9)12-6-13/h4,6,8-9H,2-3,5,11H2,1H3,(H,12,13). The van der Waals surface area contributed by atoms with Crippen LogP contribution >= 0.6 is 0 Å². The van der Waals surface area contributed by atoms with Crippen LogP contribution in [0.4, 0.5) is 0 Å². The fourth-order valence-corrected chi connectivity index (χ4v) is 1.72. The Labute approximate surface area is 88.7 Å². The Morgan fingerprint density at radius 1 is 1.53 bits per heavy atom. The number of nitrogens with one attached hydrogen (secondary N) is 1. The molecule has 0 aromatic rings. The highest BCUT2D eigenvalue weighted by Gasteiger charge is 2.25. The average Bonchev–Trinajstić information content (AvgIpc) is 2.51. The molecule has 5 nitrogen and oxygen atoms in total. The molecule has 5 heteroatoms. The van der Waals surface area contributed by atoms with E-state index < -0.39 is 0 Å². The summed E-state index contributed by atoms with van der Waals surface area (Å²) in [4.78, 5) is 20.9. The van der Waals surface area contributed by atoms with Crippen LogP contribution in [0, 0.1) is 0 Å². The second-order valence-electron chi connectivity index (χ2n) is 3.69. The maximum absolute atomic E-state index is 10.7. The molecule has 0 aromatic heterocycles. The minimum atomic E-state index is -0.131. The van der Waals surface area contributed by atoms with Gasteiger partial charge < -0.3 is 15.8 Å². The van der Waals surface area contributed by atoms with Crippen LogP contribution in [0.1, 0.15) is 26.2 Å². The second-order valence-corrected chi connectivity index (χ2v) is 3.69. The Hall–Kier alpha value is -1.52. The molecule has 0 radical (unpaired) electrons. The van der Waals surface area contributed by atoms with Crippen molar-refractivity contribution in [3.8, 4) is 0 Å². The highest BCUT2D eigenvalue weighted by atomic mass is 16.5. The molecule has 0 bridgehead atoms. The average molecular weight is 212 g/mol. The second kappa shape index (κ2) is 5.38. The molecule has 0 aliphatic heterocycles. The molecule has 84 valence electrons. The number of hydrogen-bond donors (Lipinski definition) is 2. The van der Waals surface area contributed by atoms with Gasteiger partial charge in [-0.3, -0.25) is 9.59 Å². The first-order valence-corrected chi connectivity index (χ1v) is 4.96. The van der Waals surface area contributed by atoms with E-state index in [4.69, 9.17) is 10.5 Å². The Bertz CT molecular complexity index is 276. The zero-order valence-electron chi connectivity index (χ0n) is 8.73. The quantitative estimate of drug-likeness (QED) is 0.383. The van der Waals surface area contributed by atoms with E-state index in [1.165, 1.54) is 13.0 Å². The van der Waals surface area contributed by atoms with Crippen molar-refractivity contribution in [1.82, 2.24) is 5.32 Å². The van der Waals surface area contributed by atoms with Crippen molar-refractivity contribution in [3.05, 3.63) is 12.0 Å². The van der Waals surface area contributed by atoms with E-state index in [1.54, 1.807) is 0 Å². The molecule has 1 rings (SSSR count). The molecule has 1 amide bonds. The van der Waals surface area contributed by atoms with Crippen LogP contribution in [0.25, 0.3) is 0 Å². The molecular weight excluding hydrogens is 196 g/mol. The number of ketones is 1. The Balaban J connectivity index is 2.35. The first-order valence-electron chi connectivity index (χ1n) is 4.96. The molecule has 0 spiro atoms. The minimum Gasteiger partial charge on any atom is -0.476 e. The number of allylic oxidation sites excluding steroid dienone is 1. The van der Waals surface area contributed by atoms with Crippen molar-refractivity contribution < 1.29 is 14.3 Å². The van der Waals surface area contributed by atoms with Crippen molar-refractivity contribution in [2.24, 2.45) is 5.73 Å². The predicted octanol–water partition coefficient (Wildman–Crippen LogP) is 0.0592. The van der Waals surface area contributed by atoms with Gasteiger partial charge in [-0.1, -0.05) is 0 Å². The van der Waals surface area contributed by atoms with Crippen LogP contribution in [0.2, 0.25) is 0 Å². The van der Waals surface area contributed by atoms with Crippen LogP contribution in [-0.4, -0.2) is 24.3 Å². The van der Waals surface area contributed by atoms with E-state index in [9.17, 15) is 9.59 Å². The van der Waals surface area contributed by atoms with Crippen molar-refractivity contribution in [1.29, 1.82) is 0 Å².